The summed E-state index contributed by atoms with van der Waals surface area (Å²) in [6, 6.07) is 42.0. The zero-order chi connectivity index (χ0) is 28.0. The highest BCUT2D eigenvalue weighted by Gasteiger charge is 2.36. The minimum absolute atomic E-state index is 0.0351. The van der Waals surface area contributed by atoms with Crippen LogP contribution in [0.1, 0.15) is 40.9 Å². The van der Waals surface area contributed by atoms with E-state index in [0.717, 1.165) is 27.8 Å². The summed E-state index contributed by atoms with van der Waals surface area (Å²) in [6.07, 6.45) is 0. The quantitative estimate of drug-likeness (QED) is 0.210. The van der Waals surface area contributed by atoms with Crippen molar-refractivity contribution in [1.82, 2.24) is 15.0 Å². The van der Waals surface area contributed by atoms with Crippen LogP contribution in [0.15, 0.2) is 127 Å². The molecule has 4 nitrogen and oxygen atoms in total. The summed E-state index contributed by atoms with van der Waals surface area (Å²) in [7, 11) is 0. The van der Waals surface area contributed by atoms with E-state index >= 15 is 0 Å². The second-order valence-electron chi connectivity index (χ2n) is 10.9. The number of hydrogen-bond donors (Lipinski definition) is 0. The molecular formula is C37H27N3O. The number of rotatable bonds is 5. The molecule has 1 heterocycles. The molecule has 4 heteroatoms. The average Bonchev–Trinajstić information content (AvgIpc) is 3.27. The number of fused-ring (bicyclic) bond motifs is 3. The van der Waals surface area contributed by atoms with Crippen LogP contribution in [0.25, 0.3) is 45.3 Å². The molecule has 7 rings (SSSR count). The van der Waals surface area contributed by atoms with E-state index in [1.165, 1.54) is 11.1 Å². The van der Waals surface area contributed by atoms with Gasteiger partial charge in [-0.3, -0.25) is 4.79 Å². The van der Waals surface area contributed by atoms with E-state index in [9.17, 15) is 4.79 Å². The lowest BCUT2D eigenvalue weighted by molar-refractivity contribution is 0.103. The van der Waals surface area contributed by atoms with Crippen molar-refractivity contribution in [3.8, 4) is 45.3 Å². The molecule has 6 aromatic rings. The molecule has 0 amide bonds. The summed E-state index contributed by atoms with van der Waals surface area (Å²) in [5.74, 6) is 1.95. The van der Waals surface area contributed by atoms with Gasteiger partial charge in [0.2, 0.25) is 0 Å². The minimum Gasteiger partial charge on any atom is -0.289 e. The van der Waals surface area contributed by atoms with Gasteiger partial charge in [0.05, 0.1) is 0 Å². The van der Waals surface area contributed by atoms with Crippen LogP contribution in [-0.2, 0) is 5.41 Å². The first kappa shape index (κ1) is 24.8. The monoisotopic (exact) mass is 529 g/mol. The van der Waals surface area contributed by atoms with Crippen molar-refractivity contribution in [3.63, 3.8) is 0 Å². The summed E-state index contributed by atoms with van der Waals surface area (Å²) in [5.41, 5.74) is 8.59. The first-order valence-electron chi connectivity index (χ1n) is 13.8. The van der Waals surface area contributed by atoms with Crippen LogP contribution in [0.2, 0.25) is 0 Å². The van der Waals surface area contributed by atoms with E-state index in [2.05, 4.69) is 44.2 Å². The largest absolute Gasteiger partial charge is 0.289 e. The first-order chi connectivity index (χ1) is 20.0. The van der Waals surface area contributed by atoms with Crippen LogP contribution in [0, 0.1) is 0 Å². The van der Waals surface area contributed by atoms with Crippen LogP contribution in [0.4, 0.5) is 0 Å². The van der Waals surface area contributed by atoms with Crippen molar-refractivity contribution in [3.05, 3.63) is 150 Å². The zero-order valence-corrected chi connectivity index (χ0v) is 22.9. The van der Waals surface area contributed by atoms with E-state index in [4.69, 9.17) is 15.0 Å². The van der Waals surface area contributed by atoms with E-state index in [1.54, 1.807) is 0 Å². The summed E-state index contributed by atoms with van der Waals surface area (Å²) < 4.78 is 0. The third kappa shape index (κ3) is 4.34. The van der Waals surface area contributed by atoms with Crippen LogP contribution in [-0.4, -0.2) is 20.7 Å². The van der Waals surface area contributed by atoms with Gasteiger partial charge >= 0.3 is 0 Å². The smallest absolute Gasteiger partial charge is 0.193 e. The fourth-order valence-electron chi connectivity index (χ4n) is 5.71. The van der Waals surface area contributed by atoms with Crippen LogP contribution >= 0.6 is 0 Å². The molecule has 0 radical (unpaired) electrons. The van der Waals surface area contributed by atoms with Crippen LogP contribution in [0.5, 0.6) is 0 Å². The summed E-state index contributed by atoms with van der Waals surface area (Å²) in [5, 5.41) is 0. The average molecular weight is 530 g/mol. The lowest BCUT2D eigenvalue weighted by Gasteiger charge is -2.22. The number of hydrogen-bond acceptors (Lipinski definition) is 4. The molecular weight excluding hydrogens is 502 g/mol. The van der Waals surface area contributed by atoms with Gasteiger partial charge in [0.1, 0.15) is 0 Å². The standard InChI is InChI=1S/C37H27N3O/c1-37(2)31-22-27(33(41)24-12-6-3-7-13-24)18-20-29(31)30-21-19-28(23-32(30)37)36-39-34(25-14-8-4-9-15-25)38-35(40-36)26-16-10-5-11-17-26/h3-23H,1-2H3. The molecule has 0 saturated heterocycles. The van der Waals surface area contributed by atoms with Gasteiger partial charge in [-0.2, -0.15) is 0 Å². The predicted octanol–water partition coefficient (Wildman–Crippen LogP) is 8.41. The van der Waals surface area contributed by atoms with Crippen LogP contribution in [0.3, 0.4) is 0 Å². The molecule has 0 aliphatic heterocycles. The molecule has 0 N–H and O–H groups in total. The lowest BCUT2D eigenvalue weighted by atomic mass is 9.81. The maximum Gasteiger partial charge on any atom is 0.193 e. The molecule has 196 valence electrons. The highest BCUT2D eigenvalue weighted by atomic mass is 16.1. The molecule has 5 aromatic carbocycles. The van der Waals surface area contributed by atoms with Gasteiger partial charge in [0.15, 0.2) is 23.3 Å². The van der Waals surface area contributed by atoms with Crippen molar-refractivity contribution in [2.75, 3.05) is 0 Å². The summed E-state index contributed by atoms with van der Waals surface area (Å²) in [6.45, 7) is 4.44. The van der Waals surface area contributed by atoms with Crippen molar-refractivity contribution >= 4 is 5.78 Å². The highest BCUT2D eigenvalue weighted by Crippen LogP contribution is 2.50. The SMILES string of the molecule is CC1(C)c2cc(C(=O)c3ccccc3)ccc2-c2ccc(-c3nc(-c4ccccc4)nc(-c4ccccc4)n3)cc21. The fourth-order valence-corrected chi connectivity index (χ4v) is 5.71. The van der Waals surface area contributed by atoms with Crippen molar-refractivity contribution in [1.29, 1.82) is 0 Å². The number of aromatic nitrogens is 3. The zero-order valence-electron chi connectivity index (χ0n) is 22.9. The molecule has 1 aliphatic carbocycles. The topological polar surface area (TPSA) is 55.7 Å². The van der Waals surface area contributed by atoms with Gasteiger partial charge in [-0.25, -0.2) is 15.0 Å². The first-order valence-corrected chi connectivity index (χ1v) is 13.8. The molecule has 0 fully saturated rings. The van der Waals surface area contributed by atoms with E-state index < -0.39 is 0 Å². The maximum atomic E-state index is 13.2. The Kier molecular flexibility index (Phi) is 5.90. The second-order valence-corrected chi connectivity index (χ2v) is 10.9. The molecule has 1 aromatic heterocycles. The fraction of sp³-hybridized carbons (Fsp3) is 0.0811. The molecule has 41 heavy (non-hydrogen) atoms. The lowest BCUT2D eigenvalue weighted by Crippen LogP contribution is -2.16. The summed E-state index contributed by atoms with van der Waals surface area (Å²) >= 11 is 0. The normalized spacial score (nSPS) is 12.9. The molecule has 0 atom stereocenters. The van der Waals surface area contributed by atoms with Gasteiger partial charge in [0.25, 0.3) is 0 Å². The number of ketones is 1. The van der Waals surface area contributed by atoms with Gasteiger partial charge in [-0.15, -0.1) is 0 Å². The van der Waals surface area contributed by atoms with E-state index in [1.807, 2.05) is 97.1 Å². The Labute approximate surface area is 239 Å². The summed E-state index contributed by atoms with van der Waals surface area (Å²) in [4.78, 5) is 27.9. The Balaban J connectivity index is 1.33. The molecule has 1 aliphatic rings. The Bertz CT molecular complexity index is 1860. The van der Waals surface area contributed by atoms with E-state index in [0.29, 0.717) is 28.6 Å². The highest BCUT2D eigenvalue weighted by molar-refractivity contribution is 6.09. The van der Waals surface area contributed by atoms with Crippen LogP contribution < -0.4 is 0 Å². The number of benzene rings is 5. The third-order valence-corrected chi connectivity index (χ3v) is 7.93. The predicted molar refractivity (Wildman–Crippen MR) is 164 cm³/mol. The second kappa shape index (κ2) is 9.76. The van der Waals surface area contributed by atoms with Gasteiger partial charge in [-0.05, 0) is 34.4 Å². The third-order valence-electron chi connectivity index (χ3n) is 7.93. The van der Waals surface area contributed by atoms with Gasteiger partial charge in [-0.1, -0.05) is 129 Å². The molecule has 0 saturated carbocycles. The Morgan fingerprint density at radius 1 is 0.488 bits per heavy atom. The Morgan fingerprint density at radius 2 is 0.951 bits per heavy atom. The molecule has 0 unspecified atom stereocenters. The number of carbonyl (C=O) groups is 1. The van der Waals surface area contributed by atoms with E-state index in [-0.39, 0.29) is 11.2 Å². The number of nitrogens with zero attached hydrogens (tertiary/aromatic N) is 3. The van der Waals surface area contributed by atoms with Crippen molar-refractivity contribution in [2.24, 2.45) is 0 Å². The molecule has 0 spiro atoms. The maximum absolute atomic E-state index is 13.2. The molecule has 0 bridgehead atoms. The number of carbonyl (C=O) groups excluding carboxylic acids is 1. The Hall–Kier alpha value is -5.22. The van der Waals surface area contributed by atoms with Gasteiger partial charge < -0.3 is 0 Å². The van der Waals surface area contributed by atoms with Crippen molar-refractivity contribution in [2.45, 2.75) is 19.3 Å². The minimum atomic E-state index is -0.300. The van der Waals surface area contributed by atoms with Crippen molar-refractivity contribution < 1.29 is 4.79 Å². The van der Waals surface area contributed by atoms with Gasteiger partial charge in [0, 0.05) is 33.2 Å². The Morgan fingerprint density at radius 3 is 1.51 bits per heavy atom.